The molecular weight excluding hydrogens is 295 g/mol. The predicted molar refractivity (Wildman–Crippen MR) is 87.2 cm³/mol. The Kier molecular flexibility index (Phi) is 4.11. The fourth-order valence-electron chi connectivity index (χ4n) is 2.72. The normalized spacial score (nSPS) is 16.2. The van der Waals surface area contributed by atoms with Gasteiger partial charge >= 0.3 is 0 Å². The minimum atomic E-state index is -0.556. The van der Waals surface area contributed by atoms with Gasteiger partial charge in [-0.1, -0.05) is 13.8 Å². The van der Waals surface area contributed by atoms with Crippen LogP contribution in [-0.4, -0.2) is 10.8 Å². The summed E-state index contributed by atoms with van der Waals surface area (Å²) in [5.74, 6) is 0.610. The fraction of sp³-hybridized carbons (Fsp3) is 0.389. The van der Waals surface area contributed by atoms with Crippen molar-refractivity contribution >= 4 is 5.69 Å². The van der Waals surface area contributed by atoms with Gasteiger partial charge in [-0.25, -0.2) is 4.39 Å². The van der Waals surface area contributed by atoms with Crippen molar-refractivity contribution in [1.29, 1.82) is 0 Å². The molecule has 0 aliphatic carbocycles. The molecule has 3 rings (SSSR count). The van der Waals surface area contributed by atoms with Gasteiger partial charge in [0.1, 0.15) is 5.82 Å². The molecule has 0 radical (unpaired) electrons. The zero-order valence-corrected chi connectivity index (χ0v) is 13.6. The van der Waals surface area contributed by atoms with E-state index in [0.29, 0.717) is 0 Å². The van der Waals surface area contributed by atoms with Gasteiger partial charge in [0.15, 0.2) is 11.5 Å². The van der Waals surface area contributed by atoms with Gasteiger partial charge in [0.2, 0.25) is 0 Å². The molecule has 1 aliphatic heterocycles. The van der Waals surface area contributed by atoms with E-state index in [1.165, 1.54) is 12.3 Å². The van der Waals surface area contributed by atoms with E-state index in [4.69, 9.17) is 9.47 Å². The Morgan fingerprint density at radius 2 is 1.87 bits per heavy atom. The van der Waals surface area contributed by atoms with Crippen molar-refractivity contribution in [1.82, 2.24) is 4.98 Å². The molecule has 5 heteroatoms. The average molecular weight is 316 g/mol. The van der Waals surface area contributed by atoms with Gasteiger partial charge in [-0.2, -0.15) is 0 Å². The zero-order chi connectivity index (χ0) is 16.4. The van der Waals surface area contributed by atoms with Crippen molar-refractivity contribution in [2.45, 2.75) is 45.4 Å². The molecule has 1 aromatic heterocycles. The van der Waals surface area contributed by atoms with Gasteiger partial charge in [0, 0.05) is 30.8 Å². The maximum absolute atomic E-state index is 13.3. The standard InChI is InChI=1S/C18H21FN2O2/c1-4-18(5-2)22-16-7-6-15(9-17(16)23-18)21-12(3)13-8-14(19)11-20-10-13/h6-12,21H,4-5H2,1-3H3. The first-order valence-corrected chi connectivity index (χ1v) is 7.94. The lowest BCUT2D eigenvalue weighted by atomic mass is 10.1. The second-order valence-electron chi connectivity index (χ2n) is 5.79. The predicted octanol–water partition coefficient (Wildman–Crippen LogP) is 4.68. The highest BCUT2D eigenvalue weighted by Gasteiger charge is 2.38. The smallest absolute Gasteiger partial charge is 0.251 e. The van der Waals surface area contributed by atoms with Crippen LogP contribution in [0.15, 0.2) is 36.7 Å². The third kappa shape index (κ3) is 3.09. The number of halogens is 1. The highest BCUT2D eigenvalue weighted by atomic mass is 19.1. The lowest BCUT2D eigenvalue weighted by molar-refractivity contribution is -0.0843. The minimum absolute atomic E-state index is 0.0688. The van der Waals surface area contributed by atoms with E-state index in [0.717, 1.165) is 35.6 Å². The Morgan fingerprint density at radius 1 is 1.13 bits per heavy atom. The minimum Gasteiger partial charge on any atom is -0.448 e. The molecule has 0 saturated carbocycles. The molecule has 1 unspecified atom stereocenters. The van der Waals surface area contributed by atoms with Crippen molar-refractivity contribution in [3.05, 3.63) is 48.0 Å². The van der Waals surface area contributed by atoms with Crippen LogP contribution in [0, 0.1) is 5.82 Å². The molecule has 1 aromatic carbocycles. The first-order valence-electron chi connectivity index (χ1n) is 7.94. The number of pyridine rings is 1. The summed E-state index contributed by atoms with van der Waals surface area (Å²) in [6.45, 7) is 6.06. The van der Waals surface area contributed by atoms with Crippen molar-refractivity contribution in [3.8, 4) is 11.5 Å². The summed E-state index contributed by atoms with van der Waals surface area (Å²) in [4.78, 5) is 3.89. The van der Waals surface area contributed by atoms with E-state index in [-0.39, 0.29) is 11.9 Å². The second kappa shape index (κ2) is 6.07. The maximum atomic E-state index is 13.3. The molecule has 2 heterocycles. The third-order valence-corrected chi connectivity index (χ3v) is 4.22. The summed E-state index contributed by atoms with van der Waals surface area (Å²) in [6, 6.07) is 7.18. The van der Waals surface area contributed by atoms with Crippen LogP contribution in [0.25, 0.3) is 0 Å². The molecule has 0 fully saturated rings. The lowest BCUT2D eigenvalue weighted by Crippen LogP contribution is -2.36. The molecule has 1 N–H and O–H groups in total. The number of ether oxygens (including phenoxy) is 2. The number of nitrogens with zero attached hydrogens (tertiary/aromatic N) is 1. The summed E-state index contributed by atoms with van der Waals surface area (Å²) in [6.07, 6.45) is 4.43. The highest BCUT2D eigenvalue weighted by Crippen LogP contribution is 2.43. The largest absolute Gasteiger partial charge is 0.448 e. The van der Waals surface area contributed by atoms with E-state index in [1.54, 1.807) is 6.20 Å². The number of anilines is 1. The molecule has 0 bridgehead atoms. The van der Waals surface area contributed by atoms with E-state index in [1.807, 2.05) is 39.0 Å². The summed E-state index contributed by atoms with van der Waals surface area (Å²) in [5, 5.41) is 3.34. The Hall–Kier alpha value is -2.30. The monoisotopic (exact) mass is 316 g/mol. The Morgan fingerprint density at radius 3 is 2.57 bits per heavy atom. The van der Waals surface area contributed by atoms with Crippen molar-refractivity contribution in [2.75, 3.05) is 5.32 Å². The first kappa shape index (κ1) is 15.6. The van der Waals surface area contributed by atoms with E-state index in [2.05, 4.69) is 10.3 Å². The van der Waals surface area contributed by atoms with Crippen LogP contribution < -0.4 is 14.8 Å². The zero-order valence-electron chi connectivity index (χ0n) is 13.6. The van der Waals surface area contributed by atoms with Crippen LogP contribution in [0.1, 0.15) is 45.2 Å². The number of fused-ring (bicyclic) bond motifs is 1. The van der Waals surface area contributed by atoms with Crippen molar-refractivity contribution in [2.24, 2.45) is 0 Å². The van der Waals surface area contributed by atoms with Gasteiger partial charge in [0.05, 0.1) is 12.2 Å². The highest BCUT2D eigenvalue weighted by molar-refractivity contribution is 5.57. The number of benzene rings is 1. The molecule has 0 spiro atoms. The summed E-state index contributed by atoms with van der Waals surface area (Å²) < 4.78 is 25.2. The molecule has 0 amide bonds. The van der Waals surface area contributed by atoms with E-state index < -0.39 is 5.79 Å². The molecule has 122 valence electrons. The van der Waals surface area contributed by atoms with Gasteiger partial charge < -0.3 is 14.8 Å². The Bertz CT molecular complexity index is 701. The molecule has 4 nitrogen and oxygen atoms in total. The molecular formula is C18H21FN2O2. The Labute approximate surface area is 135 Å². The number of rotatable bonds is 5. The second-order valence-corrected chi connectivity index (χ2v) is 5.79. The van der Waals surface area contributed by atoms with Crippen LogP contribution in [0.3, 0.4) is 0 Å². The number of nitrogens with one attached hydrogen (secondary N) is 1. The lowest BCUT2D eigenvalue weighted by Gasteiger charge is -2.24. The van der Waals surface area contributed by atoms with Gasteiger partial charge in [-0.15, -0.1) is 0 Å². The molecule has 2 aromatic rings. The Balaban J connectivity index is 1.77. The van der Waals surface area contributed by atoms with Crippen LogP contribution in [0.5, 0.6) is 11.5 Å². The van der Waals surface area contributed by atoms with Gasteiger partial charge in [-0.05, 0) is 30.7 Å². The molecule has 1 aliphatic rings. The van der Waals surface area contributed by atoms with Gasteiger partial charge in [-0.3, -0.25) is 4.98 Å². The SMILES string of the molecule is CCC1(CC)Oc2ccc(NC(C)c3cncc(F)c3)cc2O1. The molecule has 0 saturated heterocycles. The molecule has 1 atom stereocenters. The van der Waals surface area contributed by atoms with Crippen molar-refractivity contribution < 1.29 is 13.9 Å². The van der Waals surface area contributed by atoms with Crippen LogP contribution >= 0.6 is 0 Å². The topological polar surface area (TPSA) is 43.4 Å². The molecule has 23 heavy (non-hydrogen) atoms. The van der Waals surface area contributed by atoms with E-state index >= 15 is 0 Å². The van der Waals surface area contributed by atoms with Crippen LogP contribution in [0.2, 0.25) is 0 Å². The number of aromatic nitrogens is 1. The van der Waals surface area contributed by atoms with Crippen molar-refractivity contribution in [3.63, 3.8) is 0 Å². The average Bonchev–Trinajstić information content (AvgIpc) is 2.93. The van der Waals surface area contributed by atoms with Crippen LogP contribution in [0.4, 0.5) is 10.1 Å². The summed E-state index contributed by atoms with van der Waals surface area (Å²) in [7, 11) is 0. The number of hydrogen-bond acceptors (Lipinski definition) is 4. The van der Waals surface area contributed by atoms with E-state index in [9.17, 15) is 4.39 Å². The van der Waals surface area contributed by atoms with Gasteiger partial charge in [0.25, 0.3) is 5.79 Å². The summed E-state index contributed by atoms with van der Waals surface area (Å²) >= 11 is 0. The third-order valence-electron chi connectivity index (χ3n) is 4.22. The fourth-order valence-corrected chi connectivity index (χ4v) is 2.72. The maximum Gasteiger partial charge on any atom is 0.251 e. The van der Waals surface area contributed by atoms with Crippen LogP contribution in [-0.2, 0) is 0 Å². The summed E-state index contributed by atoms with van der Waals surface area (Å²) in [5.41, 5.74) is 1.69. The number of hydrogen-bond donors (Lipinski definition) is 1. The quantitative estimate of drug-likeness (QED) is 0.869. The first-order chi connectivity index (χ1) is 11.0.